The Labute approximate surface area is 131 Å². The molecule has 2 unspecified atom stereocenters. The third-order valence-corrected chi connectivity index (χ3v) is 4.11. The van der Waals surface area contributed by atoms with Crippen LogP contribution in [-0.4, -0.2) is 29.2 Å². The Hall–Kier alpha value is -2.17. The summed E-state index contributed by atoms with van der Waals surface area (Å²) in [6.45, 7) is 1.70. The number of benzene rings is 2. The summed E-state index contributed by atoms with van der Waals surface area (Å²) in [5.41, 5.74) is 3.04. The Bertz CT molecular complexity index is 670. The van der Waals surface area contributed by atoms with Gasteiger partial charge in [0, 0.05) is 6.04 Å². The van der Waals surface area contributed by atoms with Gasteiger partial charge in [-0.15, -0.1) is 0 Å². The maximum atomic E-state index is 11.7. The van der Waals surface area contributed by atoms with Crippen molar-refractivity contribution < 1.29 is 9.82 Å². The molecule has 1 aliphatic rings. The summed E-state index contributed by atoms with van der Waals surface area (Å²) in [6.07, 6.45) is 2.99. The molecule has 22 heavy (non-hydrogen) atoms. The molecule has 3 nitrogen and oxygen atoms in total. The smallest absolute Gasteiger partial charge is 0.378 e. The second-order valence-electron chi connectivity index (χ2n) is 5.50. The number of carbonyl (C=O) groups is 1. The van der Waals surface area contributed by atoms with Crippen LogP contribution in [0.25, 0.3) is 5.57 Å². The van der Waals surface area contributed by atoms with Crippen molar-refractivity contribution in [2.45, 2.75) is 18.9 Å². The molecule has 0 aliphatic carbocycles. The molecule has 2 atom stereocenters. The van der Waals surface area contributed by atoms with E-state index in [0.29, 0.717) is 0 Å². The van der Waals surface area contributed by atoms with Crippen molar-refractivity contribution in [2.24, 2.45) is 0 Å². The number of hydrogen-bond donors (Lipinski definition) is 1. The highest BCUT2D eigenvalue weighted by Crippen LogP contribution is 2.38. The molecule has 2 aromatic carbocycles. The van der Waals surface area contributed by atoms with E-state index in [1.807, 2.05) is 65.5 Å². The monoisotopic (exact) mass is 291 g/mol. The first-order valence-corrected chi connectivity index (χ1v) is 7.45. The molecular formula is C18H18BNO2. The molecule has 0 fully saturated rings. The van der Waals surface area contributed by atoms with Crippen molar-refractivity contribution in [3.8, 4) is 0 Å². The Balaban J connectivity index is 2.07. The van der Waals surface area contributed by atoms with Gasteiger partial charge in [-0.3, -0.25) is 4.81 Å². The number of nitrogens with zero attached hydrogens (tertiary/aromatic N) is 1. The molecule has 2 aromatic rings. The van der Waals surface area contributed by atoms with Crippen molar-refractivity contribution in [2.75, 3.05) is 0 Å². The van der Waals surface area contributed by atoms with Gasteiger partial charge in [0.15, 0.2) is 0 Å². The minimum absolute atomic E-state index is 0.105. The standard InChI is InChI=1S/C18H18BNO2/c1-19(22)20-17(15-10-6-3-7-11-15)12-16(18(20)13-21)14-8-4-2-5-9-14/h2-13,17-18,22H,1H3. The van der Waals surface area contributed by atoms with Gasteiger partial charge in [0.05, 0.1) is 6.04 Å². The van der Waals surface area contributed by atoms with Gasteiger partial charge in [0.1, 0.15) is 6.29 Å². The summed E-state index contributed by atoms with van der Waals surface area (Å²) in [5, 5.41) is 10.2. The largest absolute Gasteiger partial charge is 0.437 e. The van der Waals surface area contributed by atoms with Crippen LogP contribution in [-0.2, 0) is 4.79 Å². The molecule has 4 heteroatoms. The minimum Gasteiger partial charge on any atom is -0.437 e. The minimum atomic E-state index is -0.710. The number of carbonyl (C=O) groups excluding carboxylic acids is 1. The maximum Gasteiger partial charge on any atom is 0.378 e. The van der Waals surface area contributed by atoms with Gasteiger partial charge in [-0.1, -0.05) is 66.7 Å². The van der Waals surface area contributed by atoms with Gasteiger partial charge in [-0.2, -0.15) is 0 Å². The summed E-state index contributed by atoms with van der Waals surface area (Å²) >= 11 is 0. The van der Waals surface area contributed by atoms with Gasteiger partial charge < -0.3 is 9.82 Å². The lowest BCUT2D eigenvalue weighted by Gasteiger charge is -2.29. The normalized spacial score (nSPS) is 21.5. The first kappa shape index (κ1) is 14.8. The fraction of sp³-hybridized carbons (Fsp3) is 0.167. The molecule has 3 rings (SSSR count). The maximum absolute atomic E-state index is 11.7. The molecule has 1 heterocycles. The van der Waals surface area contributed by atoms with Crippen molar-refractivity contribution in [1.82, 2.24) is 4.81 Å². The van der Waals surface area contributed by atoms with Crippen LogP contribution in [0.5, 0.6) is 0 Å². The molecule has 0 aromatic heterocycles. The summed E-state index contributed by atoms with van der Waals surface area (Å²) < 4.78 is 0. The third kappa shape index (κ3) is 2.63. The zero-order valence-corrected chi connectivity index (χ0v) is 12.5. The Morgan fingerprint density at radius 1 is 1.05 bits per heavy atom. The van der Waals surface area contributed by atoms with Gasteiger partial charge in [-0.05, 0) is 23.5 Å². The molecule has 0 bridgehead atoms. The molecule has 0 spiro atoms. The van der Waals surface area contributed by atoms with Crippen LogP contribution in [0.3, 0.4) is 0 Å². The van der Waals surface area contributed by atoms with Crippen LogP contribution in [0.2, 0.25) is 6.82 Å². The van der Waals surface area contributed by atoms with Crippen molar-refractivity contribution in [3.05, 3.63) is 77.9 Å². The topological polar surface area (TPSA) is 40.5 Å². The van der Waals surface area contributed by atoms with E-state index in [4.69, 9.17) is 0 Å². The molecule has 0 saturated carbocycles. The van der Waals surface area contributed by atoms with E-state index in [9.17, 15) is 9.82 Å². The molecule has 1 aliphatic heterocycles. The first-order valence-electron chi connectivity index (χ1n) is 7.45. The van der Waals surface area contributed by atoms with Crippen LogP contribution in [0.15, 0.2) is 66.7 Å². The van der Waals surface area contributed by atoms with Crippen LogP contribution in [0.1, 0.15) is 17.2 Å². The number of hydrogen-bond acceptors (Lipinski definition) is 3. The summed E-state index contributed by atoms with van der Waals surface area (Å²) in [5.74, 6) is 0. The van der Waals surface area contributed by atoms with Crippen LogP contribution >= 0.6 is 0 Å². The van der Waals surface area contributed by atoms with E-state index in [-0.39, 0.29) is 6.04 Å². The van der Waals surface area contributed by atoms with Gasteiger partial charge in [-0.25, -0.2) is 0 Å². The molecule has 110 valence electrons. The van der Waals surface area contributed by atoms with Crippen LogP contribution in [0.4, 0.5) is 0 Å². The molecule has 0 saturated heterocycles. The van der Waals surface area contributed by atoms with E-state index in [1.54, 1.807) is 6.82 Å². The van der Waals surface area contributed by atoms with Gasteiger partial charge in [0.2, 0.25) is 0 Å². The highest BCUT2D eigenvalue weighted by Gasteiger charge is 2.39. The Morgan fingerprint density at radius 3 is 2.18 bits per heavy atom. The van der Waals surface area contributed by atoms with E-state index >= 15 is 0 Å². The van der Waals surface area contributed by atoms with Crippen molar-refractivity contribution >= 4 is 18.9 Å². The van der Waals surface area contributed by atoms with Gasteiger partial charge in [0.25, 0.3) is 0 Å². The zero-order valence-electron chi connectivity index (χ0n) is 12.5. The van der Waals surface area contributed by atoms with E-state index < -0.39 is 13.1 Å². The molecular weight excluding hydrogens is 273 g/mol. The zero-order chi connectivity index (χ0) is 15.5. The highest BCUT2D eigenvalue weighted by molar-refractivity contribution is 6.46. The fourth-order valence-electron chi connectivity index (χ4n) is 3.11. The van der Waals surface area contributed by atoms with Crippen LogP contribution in [0, 0.1) is 0 Å². The van der Waals surface area contributed by atoms with E-state index in [0.717, 1.165) is 23.0 Å². The Kier molecular flexibility index (Phi) is 4.23. The Morgan fingerprint density at radius 2 is 1.64 bits per heavy atom. The third-order valence-electron chi connectivity index (χ3n) is 4.11. The summed E-state index contributed by atoms with van der Waals surface area (Å²) in [7, 11) is -0.710. The number of aldehydes is 1. The summed E-state index contributed by atoms with van der Waals surface area (Å²) in [6, 6.07) is 19.3. The van der Waals surface area contributed by atoms with Crippen molar-refractivity contribution in [1.29, 1.82) is 0 Å². The molecule has 1 N–H and O–H groups in total. The average molecular weight is 291 g/mol. The first-order chi connectivity index (χ1) is 10.7. The van der Waals surface area contributed by atoms with Gasteiger partial charge >= 0.3 is 7.05 Å². The predicted octanol–water partition coefficient (Wildman–Crippen LogP) is 2.80. The second kappa shape index (κ2) is 6.30. The second-order valence-corrected chi connectivity index (χ2v) is 5.50. The number of rotatable bonds is 4. The quantitative estimate of drug-likeness (QED) is 0.695. The molecule has 0 amide bonds. The lowest BCUT2D eigenvalue weighted by Crippen LogP contribution is -2.44. The van der Waals surface area contributed by atoms with Crippen LogP contribution < -0.4 is 0 Å². The van der Waals surface area contributed by atoms with Crippen molar-refractivity contribution in [3.63, 3.8) is 0 Å². The van der Waals surface area contributed by atoms with E-state index in [2.05, 4.69) is 6.08 Å². The SMILES string of the molecule is CB(O)N1C(C=O)C(c2ccccc2)=CC1c1ccccc1. The average Bonchev–Trinajstić information content (AvgIpc) is 2.96. The lowest BCUT2D eigenvalue weighted by molar-refractivity contribution is -0.109. The highest BCUT2D eigenvalue weighted by atomic mass is 16.2. The molecule has 0 radical (unpaired) electrons. The lowest BCUT2D eigenvalue weighted by atomic mass is 9.81. The predicted molar refractivity (Wildman–Crippen MR) is 89.1 cm³/mol. The van der Waals surface area contributed by atoms with E-state index in [1.165, 1.54) is 0 Å². The fourth-order valence-corrected chi connectivity index (χ4v) is 3.11. The summed E-state index contributed by atoms with van der Waals surface area (Å²) in [4.78, 5) is 13.5.